The highest BCUT2D eigenvalue weighted by molar-refractivity contribution is 5.89. The Hall–Kier alpha value is -2.55. The smallest absolute Gasteiger partial charge is 0.306 e. The molecule has 0 amide bonds. The van der Waals surface area contributed by atoms with Crippen LogP contribution in [0.2, 0.25) is 0 Å². The summed E-state index contributed by atoms with van der Waals surface area (Å²) in [5.74, 6) is 2.10. The molecule has 3 aliphatic rings. The monoisotopic (exact) mass is 430 g/mol. The summed E-state index contributed by atoms with van der Waals surface area (Å²) in [4.78, 5) is 12.5. The van der Waals surface area contributed by atoms with Gasteiger partial charge >= 0.3 is 5.97 Å². The molecule has 3 nitrogen and oxygen atoms in total. The Morgan fingerprint density at radius 3 is 2.44 bits per heavy atom. The standard InChI is InChI=1S/C29H34O3/c1-2-31-29(30)18-24-17-27(23-15-14-20-8-3-4-9-22(20)16-23)28(32-25-12-5-6-13-25)19-26(24)21-10-7-11-21/h3-4,8-9,14-17,19,21,24-26H,2,5-7,10-13,18H2,1H3. The van der Waals surface area contributed by atoms with E-state index < -0.39 is 0 Å². The van der Waals surface area contributed by atoms with Crippen molar-refractivity contribution in [3.63, 3.8) is 0 Å². The Morgan fingerprint density at radius 1 is 0.938 bits per heavy atom. The molecule has 2 unspecified atom stereocenters. The van der Waals surface area contributed by atoms with Crippen molar-refractivity contribution in [1.29, 1.82) is 0 Å². The molecule has 3 aliphatic carbocycles. The molecule has 0 aromatic heterocycles. The molecule has 2 atom stereocenters. The van der Waals surface area contributed by atoms with Gasteiger partial charge in [0.2, 0.25) is 0 Å². The molecule has 0 N–H and O–H groups in total. The van der Waals surface area contributed by atoms with Crippen molar-refractivity contribution in [1.82, 2.24) is 0 Å². The van der Waals surface area contributed by atoms with Crippen molar-refractivity contribution in [2.24, 2.45) is 17.8 Å². The van der Waals surface area contributed by atoms with Crippen LogP contribution in [-0.2, 0) is 14.3 Å². The van der Waals surface area contributed by atoms with E-state index >= 15 is 0 Å². The Labute approximate surface area is 191 Å². The summed E-state index contributed by atoms with van der Waals surface area (Å²) in [5, 5.41) is 2.47. The fourth-order valence-electron chi connectivity index (χ4n) is 5.60. The van der Waals surface area contributed by atoms with E-state index in [1.807, 2.05) is 6.92 Å². The van der Waals surface area contributed by atoms with E-state index in [2.05, 4.69) is 54.6 Å². The molecule has 0 aliphatic heterocycles. The second-order valence-electron chi connectivity index (χ2n) is 9.64. The summed E-state index contributed by atoms with van der Waals surface area (Å²) in [5.41, 5.74) is 2.32. The first-order valence-electron chi connectivity index (χ1n) is 12.5. The number of esters is 1. The molecule has 3 heteroatoms. The molecule has 2 aromatic carbocycles. The van der Waals surface area contributed by atoms with Gasteiger partial charge in [0.15, 0.2) is 0 Å². The molecule has 0 heterocycles. The number of allylic oxidation sites excluding steroid dienone is 3. The predicted octanol–water partition coefficient (Wildman–Crippen LogP) is 7.07. The van der Waals surface area contributed by atoms with E-state index in [0.29, 0.717) is 31.0 Å². The summed E-state index contributed by atoms with van der Waals surface area (Å²) < 4.78 is 12.0. The molecule has 0 spiro atoms. The third-order valence-electron chi connectivity index (χ3n) is 7.54. The molecule has 32 heavy (non-hydrogen) atoms. The van der Waals surface area contributed by atoms with Gasteiger partial charge in [-0.3, -0.25) is 4.79 Å². The number of rotatable bonds is 7. The topological polar surface area (TPSA) is 35.5 Å². The zero-order valence-electron chi connectivity index (χ0n) is 19.1. The van der Waals surface area contributed by atoms with Crippen LogP contribution in [0.15, 0.2) is 60.4 Å². The molecule has 0 bridgehead atoms. The minimum absolute atomic E-state index is 0.0931. The molecule has 0 saturated heterocycles. The van der Waals surface area contributed by atoms with E-state index in [1.54, 1.807) is 0 Å². The van der Waals surface area contributed by atoms with Gasteiger partial charge in [0, 0.05) is 5.57 Å². The van der Waals surface area contributed by atoms with E-state index in [0.717, 1.165) is 24.2 Å². The van der Waals surface area contributed by atoms with Gasteiger partial charge in [-0.15, -0.1) is 0 Å². The average Bonchev–Trinajstić information content (AvgIpc) is 3.27. The maximum Gasteiger partial charge on any atom is 0.306 e. The van der Waals surface area contributed by atoms with Gasteiger partial charge in [0.05, 0.1) is 19.1 Å². The molecule has 2 fully saturated rings. The Balaban J connectivity index is 1.52. The van der Waals surface area contributed by atoms with E-state index in [9.17, 15) is 4.79 Å². The summed E-state index contributed by atoms with van der Waals surface area (Å²) in [7, 11) is 0. The minimum atomic E-state index is -0.0931. The zero-order valence-corrected chi connectivity index (χ0v) is 19.1. The van der Waals surface area contributed by atoms with Crippen LogP contribution >= 0.6 is 0 Å². The van der Waals surface area contributed by atoms with Crippen molar-refractivity contribution in [3.8, 4) is 0 Å². The van der Waals surface area contributed by atoms with Gasteiger partial charge in [-0.2, -0.15) is 0 Å². The third kappa shape index (κ3) is 4.48. The summed E-state index contributed by atoms with van der Waals surface area (Å²) in [6.07, 6.45) is 14.0. The van der Waals surface area contributed by atoms with Gasteiger partial charge in [-0.05, 0) is 91.7 Å². The Kier molecular flexibility index (Phi) is 6.34. The maximum atomic E-state index is 12.5. The molecular formula is C29H34O3. The lowest BCUT2D eigenvalue weighted by atomic mass is 9.67. The third-order valence-corrected chi connectivity index (χ3v) is 7.54. The Morgan fingerprint density at radius 2 is 1.72 bits per heavy atom. The van der Waals surface area contributed by atoms with Crippen LogP contribution in [0.4, 0.5) is 0 Å². The number of carbonyl (C=O) groups excluding carboxylic acids is 1. The van der Waals surface area contributed by atoms with Crippen LogP contribution in [0, 0.1) is 17.8 Å². The first kappa shape index (κ1) is 21.3. The number of ether oxygens (including phenoxy) is 2. The van der Waals surface area contributed by atoms with E-state index in [-0.39, 0.29) is 11.9 Å². The highest BCUT2D eigenvalue weighted by Gasteiger charge is 2.37. The summed E-state index contributed by atoms with van der Waals surface area (Å²) in [6, 6.07) is 15.1. The molecular weight excluding hydrogens is 396 g/mol. The highest BCUT2D eigenvalue weighted by Crippen LogP contribution is 2.46. The highest BCUT2D eigenvalue weighted by atomic mass is 16.5. The van der Waals surface area contributed by atoms with Crippen molar-refractivity contribution in [2.45, 2.75) is 64.4 Å². The van der Waals surface area contributed by atoms with Gasteiger partial charge in [0.25, 0.3) is 0 Å². The fourth-order valence-corrected chi connectivity index (χ4v) is 5.60. The molecule has 2 saturated carbocycles. The second kappa shape index (κ2) is 9.52. The molecule has 5 rings (SSSR count). The van der Waals surface area contributed by atoms with Crippen molar-refractivity contribution in [3.05, 3.63) is 65.9 Å². The molecule has 0 radical (unpaired) electrons. The van der Waals surface area contributed by atoms with Crippen molar-refractivity contribution < 1.29 is 14.3 Å². The molecule has 168 valence electrons. The van der Waals surface area contributed by atoms with Crippen molar-refractivity contribution in [2.75, 3.05) is 6.61 Å². The van der Waals surface area contributed by atoms with Gasteiger partial charge < -0.3 is 9.47 Å². The summed E-state index contributed by atoms with van der Waals surface area (Å²) in [6.45, 7) is 2.32. The predicted molar refractivity (Wildman–Crippen MR) is 129 cm³/mol. The number of fused-ring (bicyclic) bond motifs is 1. The minimum Gasteiger partial charge on any atom is -0.490 e. The Bertz CT molecular complexity index is 1020. The lowest BCUT2D eigenvalue weighted by Gasteiger charge is -2.39. The number of hydrogen-bond acceptors (Lipinski definition) is 3. The molecule has 2 aromatic rings. The average molecular weight is 431 g/mol. The van der Waals surface area contributed by atoms with Gasteiger partial charge in [0.1, 0.15) is 5.76 Å². The zero-order chi connectivity index (χ0) is 21.9. The quantitative estimate of drug-likeness (QED) is 0.441. The van der Waals surface area contributed by atoms with Crippen LogP contribution in [0.3, 0.4) is 0 Å². The van der Waals surface area contributed by atoms with Crippen molar-refractivity contribution >= 4 is 22.3 Å². The normalized spacial score (nSPS) is 24.0. The van der Waals surface area contributed by atoms with Crippen LogP contribution in [0.25, 0.3) is 16.3 Å². The first-order chi connectivity index (χ1) is 15.7. The van der Waals surface area contributed by atoms with Crippen LogP contribution in [0.1, 0.15) is 63.9 Å². The lowest BCUT2D eigenvalue weighted by molar-refractivity contribution is -0.144. The number of benzene rings is 2. The first-order valence-corrected chi connectivity index (χ1v) is 12.5. The van der Waals surface area contributed by atoms with Crippen LogP contribution in [-0.4, -0.2) is 18.7 Å². The van der Waals surface area contributed by atoms with Gasteiger partial charge in [-0.1, -0.05) is 48.9 Å². The van der Waals surface area contributed by atoms with Gasteiger partial charge in [-0.25, -0.2) is 0 Å². The van der Waals surface area contributed by atoms with E-state index in [1.165, 1.54) is 48.4 Å². The largest absolute Gasteiger partial charge is 0.490 e. The van der Waals surface area contributed by atoms with Crippen LogP contribution < -0.4 is 0 Å². The van der Waals surface area contributed by atoms with Crippen LogP contribution in [0.5, 0.6) is 0 Å². The fraction of sp³-hybridized carbons (Fsp3) is 0.483. The SMILES string of the molecule is CCOC(=O)CC1C=C(c2ccc3ccccc3c2)C(OC2CCCC2)=CC1C1CCC1. The number of carbonyl (C=O) groups is 1. The summed E-state index contributed by atoms with van der Waals surface area (Å²) >= 11 is 0. The number of hydrogen-bond donors (Lipinski definition) is 0. The van der Waals surface area contributed by atoms with E-state index in [4.69, 9.17) is 9.47 Å². The maximum absolute atomic E-state index is 12.5. The lowest BCUT2D eigenvalue weighted by Crippen LogP contribution is -2.31. The second-order valence-corrected chi connectivity index (χ2v) is 9.64.